The fourth-order valence-corrected chi connectivity index (χ4v) is 3.16. The van der Waals surface area contributed by atoms with Crippen molar-refractivity contribution < 1.29 is 14.4 Å². The number of rotatable bonds is 5. The smallest absolute Gasteiger partial charge is 0.310 e. The summed E-state index contributed by atoms with van der Waals surface area (Å²) in [7, 11) is 0. The molecular weight excluding hydrogens is 346 g/mol. The van der Waals surface area contributed by atoms with Gasteiger partial charge in [-0.3, -0.25) is 19.1 Å². The molecule has 0 spiro atoms. The van der Waals surface area contributed by atoms with Gasteiger partial charge in [0.2, 0.25) is 0 Å². The van der Waals surface area contributed by atoms with Crippen molar-refractivity contribution in [3.63, 3.8) is 0 Å². The second kappa shape index (κ2) is 7.61. The molecule has 0 fully saturated rings. The maximum Gasteiger partial charge on any atom is 0.310 e. The minimum Gasteiger partial charge on any atom is -0.346 e. The fraction of sp³-hybridized carbons (Fsp3) is 0.368. The number of carbonyl (C=O) groups is 3. The molecule has 1 atom stereocenters. The average molecular weight is 369 g/mol. The Bertz CT molecular complexity index is 874. The molecule has 3 rings (SSSR count). The van der Waals surface area contributed by atoms with Gasteiger partial charge in [-0.2, -0.15) is 5.10 Å². The Labute approximate surface area is 157 Å². The molecule has 2 aromatic rings. The van der Waals surface area contributed by atoms with E-state index in [1.165, 1.54) is 0 Å². The zero-order chi connectivity index (χ0) is 19.6. The molecule has 0 saturated heterocycles. The lowest BCUT2D eigenvalue weighted by Gasteiger charge is -2.22. The Balaban J connectivity index is 1.61. The Kier molecular flexibility index (Phi) is 5.25. The Morgan fingerprint density at radius 3 is 2.59 bits per heavy atom. The third-order valence-corrected chi connectivity index (χ3v) is 4.39. The predicted octanol–water partition coefficient (Wildman–Crippen LogP) is 0.920. The lowest BCUT2D eigenvalue weighted by Crippen LogP contribution is -2.46. The largest absolute Gasteiger partial charge is 0.346 e. The molecule has 2 N–H and O–H groups in total. The van der Waals surface area contributed by atoms with Gasteiger partial charge in [0.1, 0.15) is 6.04 Å². The number of fused-ring (bicyclic) bond motifs is 1. The van der Waals surface area contributed by atoms with Gasteiger partial charge in [0.15, 0.2) is 0 Å². The first-order chi connectivity index (χ1) is 12.9. The number of carbonyl (C=O) groups excluding carboxylic acids is 3. The topological polar surface area (TPSA) is 96.3 Å². The highest BCUT2D eigenvalue weighted by molar-refractivity contribution is 6.35. The van der Waals surface area contributed by atoms with E-state index in [2.05, 4.69) is 15.7 Å². The van der Waals surface area contributed by atoms with Crippen molar-refractivity contribution in [3.8, 4) is 0 Å². The van der Waals surface area contributed by atoms with E-state index in [-0.39, 0.29) is 18.5 Å². The van der Waals surface area contributed by atoms with Crippen LogP contribution in [0.2, 0.25) is 0 Å². The first-order valence-electron chi connectivity index (χ1n) is 8.89. The van der Waals surface area contributed by atoms with E-state index >= 15 is 0 Å². The molecule has 142 valence electrons. The summed E-state index contributed by atoms with van der Waals surface area (Å²) >= 11 is 0. The van der Waals surface area contributed by atoms with Gasteiger partial charge in [-0.1, -0.05) is 18.2 Å². The lowest BCUT2D eigenvalue weighted by molar-refractivity contribution is -0.140. The number of nitrogens with one attached hydrogen (secondary N) is 2. The van der Waals surface area contributed by atoms with Crippen LogP contribution in [-0.2, 0) is 20.9 Å². The summed E-state index contributed by atoms with van der Waals surface area (Å²) in [5.41, 5.74) is 2.34. The standard InChI is InChI=1S/C19H23N5O3/c1-12(2)24-15-7-5-4-6-14(15)16(19(24)27)21-18(26)17(25)20-9-11-23-10-8-13(3)22-23/h4-8,10,12,16H,9,11H2,1-3H3,(H,20,25)(H,21,26). The van der Waals surface area contributed by atoms with E-state index in [1.807, 2.05) is 39.0 Å². The number of amides is 3. The van der Waals surface area contributed by atoms with Gasteiger partial charge < -0.3 is 15.5 Å². The minimum atomic E-state index is -0.851. The monoisotopic (exact) mass is 369 g/mol. The summed E-state index contributed by atoms with van der Waals surface area (Å²) in [6.07, 6.45) is 1.80. The number of aromatic nitrogens is 2. The number of aryl methyl sites for hydroxylation is 1. The van der Waals surface area contributed by atoms with Crippen LogP contribution in [-0.4, -0.2) is 40.1 Å². The number of hydrogen-bond acceptors (Lipinski definition) is 4. The second-order valence-corrected chi connectivity index (χ2v) is 6.74. The van der Waals surface area contributed by atoms with Gasteiger partial charge in [0.05, 0.1) is 12.2 Å². The Morgan fingerprint density at radius 1 is 1.19 bits per heavy atom. The van der Waals surface area contributed by atoms with E-state index < -0.39 is 17.9 Å². The van der Waals surface area contributed by atoms with Crippen molar-refractivity contribution in [3.05, 3.63) is 47.8 Å². The number of nitrogens with zero attached hydrogens (tertiary/aromatic N) is 3. The number of para-hydroxylation sites is 1. The van der Waals surface area contributed by atoms with E-state index in [0.29, 0.717) is 12.1 Å². The van der Waals surface area contributed by atoms with Gasteiger partial charge in [-0.25, -0.2) is 0 Å². The summed E-state index contributed by atoms with van der Waals surface area (Å²) < 4.78 is 1.69. The molecule has 27 heavy (non-hydrogen) atoms. The van der Waals surface area contributed by atoms with Crippen LogP contribution < -0.4 is 15.5 Å². The van der Waals surface area contributed by atoms with Crippen molar-refractivity contribution in [2.24, 2.45) is 0 Å². The quantitative estimate of drug-likeness (QED) is 0.766. The van der Waals surface area contributed by atoms with Crippen LogP contribution in [0.5, 0.6) is 0 Å². The minimum absolute atomic E-state index is 0.0492. The molecule has 1 aliphatic heterocycles. The number of benzene rings is 1. The highest BCUT2D eigenvalue weighted by Crippen LogP contribution is 2.36. The number of hydrogen-bond donors (Lipinski definition) is 2. The first kappa shape index (κ1) is 18.6. The van der Waals surface area contributed by atoms with Crippen molar-refractivity contribution in [2.75, 3.05) is 11.4 Å². The maximum atomic E-state index is 12.7. The van der Waals surface area contributed by atoms with Crippen LogP contribution in [0.4, 0.5) is 5.69 Å². The molecule has 0 aliphatic carbocycles. The average Bonchev–Trinajstić information content (AvgIpc) is 3.16. The highest BCUT2D eigenvalue weighted by atomic mass is 16.2. The summed E-state index contributed by atoms with van der Waals surface area (Å²) in [6, 6.07) is 8.24. The first-order valence-corrected chi connectivity index (χ1v) is 8.89. The van der Waals surface area contributed by atoms with Gasteiger partial charge in [0.25, 0.3) is 5.91 Å². The Morgan fingerprint density at radius 2 is 1.93 bits per heavy atom. The molecule has 1 aliphatic rings. The zero-order valence-corrected chi connectivity index (χ0v) is 15.6. The molecule has 8 nitrogen and oxygen atoms in total. The van der Waals surface area contributed by atoms with Crippen LogP contribution in [0.25, 0.3) is 0 Å². The molecule has 0 radical (unpaired) electrons. The van der Waals surface area contributed by atoms with E-state index in [1.54, 1.807) is 27.9 Å². The Hall–Kier alpha value is -3.16. The fourth-order valence-electron chi connectivity index (χ4n) is 3.16. The summed E-state index contributed by atoms with van der Waals surface area (Å²) in [6.45, 7) is 6.41. The second-order valence-electron chi connectivity index (χ2n) is 6.74. The zero-order valence-electron chi connectivity index (χ0n) is 15.6. The molecule has 2 heterocycles. The highest BCUT2D eigenvalue weighted by Gasteiger charge is 2.39. The van der Waals surface area contributed by atoms with Crippen molar-refractivity contribution in [1.82, 2.24) is 20.4 Å². The predicted molar refractivity (Wildman–Crippen MR) is 99.9 cm³/mol. The van der Waals surface area contributed by atoms with E-state index in [4.69, 9.17) is 0 Å². The molecule has 0 bridgehead atoms. The van der Waals surface area contributed by atoms with Crippen LogP contribution >= 0.6 is 0 Å². The third-order valence-electron chi connectivity index (χ3n) is 4.39. The van der Waals surface area contributed by atoms with Gasteiger partial charge in [-0.15, -0.1) is 0 Å². The lowest BCUT2D eigenvalue weighted by atomic mass is 10.1. The SMILES string of the molecule is Cc1ccn(CCNC(=O)C(=O)NC2C(=O)N(C(C)C)c3ccccc32)n1. The van der Waals surface area contributed by atoms with E-state index in [9.17, 15) is 14.4 Å². The van der Waals surface area contributed by atoms with Crippen molar-refractivity contribution in [1.29, 1.82) is 0 Å². The third kappa shape index (κ3) is 3.84. The molecule has 1 unspecified atom stereocenters. The van der Waals surface area contributed by atoms with Gasteiger partial charge >= 0.3 is 11.8 Å². The van der Waals surface area contributed by atoms with Crippen molar-refractivity contribution in [2.45, 2.75) is 39.4 Å². The molecule has 8 heteroatoms. The molecular formula is C19H23N5O3. The summed E-state index contributed by atoms with van der Waals surface area (Å²) in [5, 5.41) is 9.32. The summed E-state index contributed by atoms with van der Waals surface area (Å²) in [4.78, 5) is 38.7. The molecule has 1 aromatic carbocycles. The molecule has 0 saturated carbocycles. The maximum absolute atomic E-state index is 12.7. The van der Waals surface area contributed by atoms with Crippen molar-refractivity contribution >= 4 is 23.4 Å². The van der Waals surface area contributed by atoms with Crippen LogP contribution in [0.1, 0.15) is 31.1 Å². The van der Waals surface area contributed by atoms with E-state index in [0.717, 1.165) is 11.4 Å². The molecule has 1 aromatic heterocycles. The van der Waals surface area contributed by atoms with Gasteiger partial charge in [0, 0.05) is 30.0 Å². The number of anilines is 1. The van der Waals surface area contributed by atoms with Gasteiger partial charge in [-0.05, 0) is 32.9 Å². The molecule has 3 amide bonds. The summed E-state index contributed by atoms with van der Waals surface area (Å²) in [5.74, 6) is -1.84. The van der Waals surface area contributed by atoms with Crippen LogP contribution in [0, 0.1) is 6.92 Å². The van der Waals surface area contributed by atoms with Crippen LogP contribution in [0.15, 0.2) is 36.5 Å². The van der Waals surface area contributed by atoms with Crippen LogP contribution in [0.3, 0.4) is 0 Å². The normalized spacial score (nSPS) is 15.8.